The molecular formula is C16H20FNO3. The average Bonchev–Trinajstić information content (AvgIpc) is 3.25. The van der Waals surface area contributed by atoms with Crippen LogP contribution in [-0.4, -0.2) is 23.5 Å². The van der Waals surface area contributed by atoms with Crippen LogP contribution in [0.3, 0.4) is 0 Å². The Kier molecular flexibility index (Phi) is 4.60. The highest BCUT2D eigenvalue weighted by Gasteiger charge is 2.52. The first kappa shape index (κ1) is 15.5. The summed E-state index contributed by atoms with van der Waals surface area (Å²) in [6.07, 6.45) is 2.46. The largest absolute Gasteiger partial charge is 0.481 e. The molecule has 1 fully saturated rings. The van der Waals surface area contributed by atoms with E-state index in [0.29, 0.717) is 24.8 Å². The molecule has 4 nitrogen and oxygen atoms in total. The molecule has 0 bridgehead atoms. The Hall–Kier alpha value is -1.91. The predicted octanol–water partition coefficient (Wildman–Crippen LogP) is 2.47. The molecule has 5 heteroatoms. The molecule has 0 aliphatic heterocycles. The van der Waals surface area contributed by atoms with Gasteiger partial charge in [-0.3, -0.25) is 9.59 Å². The van der Waals surface area contributed by atoms with Gasteiger partial charge in [-0.15, -0.1) is 0 Å². The normalized spacial score (nSPS) is 17.0. The van der Waals surface area contributed by atoms with Crippen molar-refractivity contribution in [2.24, 2.45) is 5.92 Å². The molecule has 1 aliphatic carbocycles. The molecule has 0 heterocycles. The summed E-state index contributed by atoms with van der Waals surface area (Å²) < 4.78 is 13.9. The Morgan fingerprint density at radius 1 is 1.38 bits per heavy atom. The van der Waals surface area contributed by atoms with Crippen LogP contribution in [0, 0.1) is 11.7 Å². The highest BCUT2D eigenvalue weighted by atomic mass is 19.1. The third-order valence-electron chi connectivity index (χ3n) is 4.07. The van der Waals surface area contributed by atoms with Crippen LogP contribution in [0.4, 0.5) is 4.39 Å². The van der Waals surface area contributed by atoms with Gasteiger partial charge in [-0.25, -0.2) is 4.39 Å². The molecule has 1 atom stereocenters. The molecule has 0 aromatic heterocycles. The Labute approximate surface area is 123 Å². The number of carboxylic acids is 1. The average molecular weight is 293 g/mol. The van der Waals surface area contributed by atoms with E-state index in [4.69, 9.17) is 5.11 Å². The highest BCUT2D eigenvalue weighted by Crippen LogP contribution is 2.49. The molecule has 1 aromatic rings. The summed E-state index contributed by atoms with van der Waals surface area (Å²) in [7, 11) is 0. The van der Waals surface area contributed by atoms with Gasteiger partial charge < -0.3 is 10.4 Å². The fraction of sp³-hybridized carbons (Fsp3) is 0.500. The molecule has 114 valence electrons. The van der Waals surface area contributed by atoms with Crippen LogP contribution in [-0.2, 0) is 15.0 Å². The van der Waals surface area contributed by atoms with Crippen LogP contribution in [0.5, 0.6) is 0 Å². The van der Waals surface area contributed by atoms with Crippen molar-refractivity contribution in [2.45, 2.75) is 38.0 Å². The van der Waals surface area contributed by atoms with Crippen LogP contribution in [0.15, 0.2) is 24.3 Å². The standard InChI is InChI=1S/C16H20FNO3/c1-2-5-11(14(19)20)10-18-15(21)16(8-9-16)12-6-3-4-7-13(12)17/h3-4,6-7,11H,2,5,8-10H2,1H3,(H,18,21)(H,19,20). The smallest absolute Gasteiger partial charge is 0.308 e. The van der Waals surface area contributed by atoms with Crippen molar-refractivity contribution in [1.29, 1.82) is 0 Å². The van der Waals surface area contributed by atoms with Crippen molar-refractivity contribution >= 4 is 11.9 Å². The third kappa shape index (κ3) is 3.23. The minimum absolute atomic E-state index is 0.0954. The van der Waals surface area contributed by atoms with Gasteiger partial charge in [-0.1, -0.05) is 31.5 Å². The van der Waals surface area contributed by atoms with Crippen LogP contribution >= 0.6 is 0 Å². The second-order valence-corrected chi connectivity index (χ2v) is 5.60. The van der Waals surface area contributed by atoms with E-state index in [1.54, 1.807) is 18.2 Å². The number of aliphatic carboxylic acids is 1. The number of carbonyl (C=O) groups excluding carboxylic acids is 1. The topological polar surface area (TPSA) is 66.4 Å². The van der Waals surface area contributed by atoms with Crippen molar-refractivity contribution in [3.8, 4) is 0 Å². The van der Waals surface area contributed by atoms with Gasteiger partial charge in [0.15, 0.2) is 0 Å². The molecule has 1 unspecified atom stereocenters. The molecule has 1 aromatic carbocycles. The molecule has 0 spiro atoms. The molecule has 2 rings (SSSR count). The summed E-state index contributed by atoms with van der Waals surface area (Å²) in [5.74, 6) is -2.15. The first-order valence-corrected chi connectivity index (χ1v) is 7.27. The monoisotopic (exact) mass is 293 g/mol. The lowest BCUT2D eigenvalue weighted by Gasteiger charge is -2.18. The number of hydrogen-bond acceptors (Lipinski definition) is 2. The van der Waals surface area contributed by atoms with Gasteiger partial charge in [0.25, 0.3) is 0 Å². The zero-order valence-electron chi connectivity index (χ0n) is 12.1. The van der Waals surface area contributed by atoms with E-state index in [0.717, 1.165) is 6.42 Å². The maximum absolute atomic E-state index is 13.9. The SMILES string of the molecule is CCCC(CNC(=O)C1(c2ccccc2F)CC1)C(=O)O. The Morgan fingerprint density at radius 2 is 2.05 bits per heavy atom. The van der Waals surface area contributed by atoms with E-state index < -0.39 is 17.3 Å². The summed E-state index contributed by atoms with van der Waals surface area (Å²) in [5.41, 5.74) is -0.398. The number of nitrogens with one attached hydrogen (secondary N) is 1. The quantitative estimate of drug-likeness (QED) is 0.811. The first-order chi connectivity index (χ1) is 10.0. The number of halogens is 1. The second-order valence-electron chi connectivity index (χ2n) is 5.60. The molecular weight excluding hydrogens is 273 g/mol. The number of carbonyl (C=O) groups is 2. The van der Waals surface area contributed by atoms with E-state index in [2.05, 4.69) is 5.32 Å². The van der Waals surface area contributed by atoms with Crippen LogP contribution < -0.4 is 5.32 Å². The molecule has 0 radical (unpaired) electrons. The van der Waals surface area contributed by atoms with E-state index in [-0.39, 0.29) is 18.3 Å². The van der Waals surface area contributed by atoms with Crippen molar-refractivity contribution in [2.75, 3.05) is 6.54 Å². The zero-order valence-corrected chi connectivity index (χ0v) is 12.1. The zero-order chi connectivity index (χ0) is 15.5. The summed E-state index contributed by atoms with van der Waals surface area (Å²) >= 11 is 0. The molecule has 1 saturated carbocycles. The van der Waals surface area contributed by atoms with Crippen molar-refractivity contribution < 1.29 is 19.1 Å². The van der Waals surface area contributed by atoms with Crippen LogP contribution in [0.2, 0.25) is 0 Å². The second kappa shape index (κ2) is 6.24. The predicted molar refractivity (Wildman–Crippen MR) is 76.4 cm³/mol. The number of hydrogen-bond donors (Lipinski definition) is 2. The van der Waals surface area contributed by atoms with E-state index in [9.17, 15) is 14.0 Å². The molecule has 21 heavy (non-hydrogen) atoms. The lowest BCUT2D eigenvalue weighted by molar-refractivity contribution is -0.142. The van der Waals surface area contributed by atoms with Crippen LogP contribution in [0.1, 0.15) is 38.2 Å². The summed E-state index contributed by atoms with van der Waals surface area (Å²) in [5, 5.41) is 11.8. The highest BCUT2D eigenvalue weighted by molar-refractivity contribution is 5.91. The van der Waals surface area contributed by atoms with Gasteiger partial charge in [0.2, 0.25) is 5.91 Å². The Morgan fingerprint density at radius 3 is 2.57 bits per heavy atom. The van der Waals surface area contributed by atoms with Crippen molar-refractivity contribution in [3.63, 3.8) is 0 Å². The van der Waals surface area contributed by atoms with E-state index in [1.807, 2.05) is 6.92 Å². The fourth-order valence-electron chi connectivity index (χ4n) is 2.64. The maximum atomic E-state index is 13.9. The van der Waals surface area contributed by atoms with Crippen molar-refractivity contribution in [3.05, 3.63) is 35.6 Å². The van der Waals surface area contributed by atoms with Gasteiger partial charge in [-0.05, 0) is 25.3 Å². The number of carboxylic acid groups (broad SMARTS) is 1. The molecule has 0 saturated heterocycles. The van der Waals surface area contributed by atoms with Gasteiger partial charge in [0.05, 0.1) is 11.3 Å². The maximum Gasteiger partial charge on any atom is 0.308 e. The fourth-order valence-corrected chi connectivity index (χ4v) is 2.64. The van der Waals surface area contributed by atoms with Crippen molar-refractivity contribution in [1.82, 2.24) is 5.32 Å². The molecule has 1 amide bonds. The molecule has 1 aliphatic rings. The Bertz CT molecular complexity index is 540. The lowest BCUT2D eigenvalue weighted by atomic mass is 9.94. The minimum atomic E-state index is -0.909. The number of amides is 1. The minimum Gasteiger partial charge on any atom is -0.481 e. The lowest BCUT2D eigenvalue weighted by Crippen LogP contribution is -2.39. The Balaban J connectivity index is 2.04. The van der Waals surface area contributed by atoms with Gasteiger partial charge in [0, 0.05) is 12.1 Å². The summed E-state index contributed by atoms with van der Waals surface area (Å²) in [4.78, 5) is 23.4. The van der Waals surface area contributed by atoms with Gasteiger partial charge in [-0.2, -0.15) is 0 Å². The summed E-state index contributed by atoms with van der Waals surface area (Å²) in [6.45, 7) is 2.00. The van der Waals surface area contributed by atoms with Gasteiger partial charge >= 0.3 is 5.97 Å². The number of rotatable bonds is 7. The van der Waals surface area contributed by atoms with E-state index >= 15 is 0 Å². The summed E-state index contributed by atoms with van der Waals surface area (Å²) in [6, 6.07) is 6.28. The third-order valence-corrected chi connectivity index (χ3v) is 4.07. The van der Waals surface area contributed by atoms with E-state index in [1.165, 1.54) is 6.07 Å². The molecule has 2 N–H and O–H groups in total. The van der Waals surface area contributed by atoms with Gasteiger partial charge in [0.1, 0.15) is 5.82 Å². The number of benzene rings is 1. The van der Waals surface area contributed by atoms with Crippen LogP contribution in [0.25, 0.3) is 0 Å². The first-order valence-electron chi connectivity index (χ1n) is 7.27.